The lowest BCUT2D eigenvalue weighted by Crippen LogP contribution is -2.45. The molecular formula is C22H31ClN4O4S. The van der Waals surface area contributed by atoms with Gasteiger partial charge in [-0.2, -0.15) is 0 Å². The van der Waals surface area contributed by atoms with Gasteiger partial charge >= 0.3 is 0 Å². The summed E-state index contributed by atoms with van der Waals surface area (Å²) in [6, 6.07) is 4.91. The number of piperidine rings is 1. The number of H-pyrrole nitrogens is 1. The van der Waals surface area contributed by atoms with E-state index in [1.807, 2.05) is 13.8 Å². The van der Waals surface area contributed by atoms with Crippen molar-refractivity contribution in [2.45, 2.75) is 52.5 Å². The third-order valence-electron chi connectivity index (χ3n) is 5.82. The average Bonchev–Trinajstić information content (AvgIpc) is 2.76. The molecule has 0 bridgehead atoms. The van der Waals surface area contributed by atoms with Crippen molar-refractivity contribution in [3.05, 3.63) is 39.4 Å². The molecule has 3 rings (SSSR count). The van der Waals surface area contributed by atoms with Gasteiger partial charge in [0.15, 0.2) is 0 Å². The largest absolute Gasteiger partial charge is 0.335 e. The normalized spacial score (nSPS) is 15.8. The van der Waals surface area contributed by atoms with E-state index in [1.54, 1.807) is 23.1 Å². The number of aromatic nitrogens is 2. The number of nitrogens with one attached hydrogen (secondary N) is 1. The zero-order valence-corrected chi connectivity index (χ0v) is 20.2. The van der Waals surface area contributed by atoms with Gasteiger partial charge in [-0.05, 0) is 43.9 Å². The van der Waals surface area contributed by atoms with Crippen LogP contribution < -0.4 is 5.56 Å². The van der Waals surface area contributed by atoms with Gasteiger partial charge in [0.05, 0.1) is 23.2 Å². The van der Waals surface area contributed by atoms with Crippen LogP contribution >= 0.6 is 11.6 Å². The molecule has 1 N–H and O–H groups in total. The van der Waals surface area contributed by atoms with E-state index >= 15 is 0 Å². The molecule has 10 heteroatoms. The van der Waals surface area contributed by atoms with Crippen LogP contribution in [-0.2, 0) is 21.4 Å². The third-order valence-corrected chi connectivity index (χ3v) is 8.01. The summed E-state index contributed by atoms with van der Waals surface area (Å²) in [5, 5.41) is 0.937. The number of aromatic amines is 1. The Labute approximate surface area is 194 Å². The molecule has 0 aliphatic carbocycles. The van der Waals surface area contributed by atoms with Crippen LogP contribution in [0.3, 0.4) is 0 Å². The second kappa shape index (κ2) is 10.8. The molecule has 1 aliphatic rings. The van der Waals surface area contributed by atoms with Gasteiger partial charge in [0.1, 0.15) is 5.82 Å². The first-order valence-corrected chi connectivity index (χ1v) is 13.2. The van der Waals surface area contributed by atoms with E-state index < -0.39 is 10.0 Å². The molecular weight excluding hydrogens is 452 g/mol. The molecule has 1 aliphatic heterocycles. The van der Waals surface area contributed by atoms with E-state index in [0.717, 1.165) is 12.8 Å². The summed E-state index contributed by atoms with van der Waals surface area (Å²) in [6.07, 6.45) is 3.24. The molecule has 0 unspecified atom stereocenters. The van der Waals surface area contributed by atoms with E-state index in [0.29, 0.717) is 60.6 Å². The van der Waals surface area contributed by atoms with Crippen molar-refractivity contribution >= 4 is 38.4 Å². The number of rotatable bonds is 9. The summed E-state index contributed by atoms with van der Waals surface area (Å²) in [5.41, 5.74) is 0.224. The standard InChI is InChI=1S/C22H31ClN4O4S/c1-3-5-13-32(30,31)27-11-8-16(9-12-27)22(29)26(10-4-2)15-20-24-19-14-17(23)6-7-18(19)21(28)25-20/h6-7,14,16H,3-5,8-13,15H2,1-2H3,(H,24,25,28). The number of fused-ring (bicyclic) bond motifs is 1. The van der Waals surface area contributed by atoms with Crippen LogP contribution in [0.2, 0.25) is 5.02 Å². The topological polar surface area (TPSA) is 103 Å². The zero-order valence-electron chi connectivity index (χ0n) is 18.6. The monoisotopic (exact) mass is 482 g/mol. The first-order valence-electron chi connectivity index (χ1n) is 11.2. The number of halogens is 1. The molecule has 1 saturated heterocycles. The number of amides is 1. The Morgan fingerprint density at radius 2 is 1.97 bits per heavy atom. The summed E-state index contributed by atoms with van der Waals surface area (Å²) in [6.45, 7) is 5.41. The Kier molecular flexibility index (Phi) is 8.30. The van der Waals surface area contributed by atoms with Gasteiger partial charge in [-0.3, -0.25) is 9.59 Å². The van der Waals surface area contributed by atoms with Crippen molar-refractivity contribution < 1.29 is 13.2 Å². The van der Waals surface area contributed by atoms with Gasteiger partial charge < -0.3 is 9.88 Å². The lowest BCUT2D eigenvalue weighted by molar-refractivity contribution is -0.137. The van der Waals surface area contributed by atoms with E-state index in [2.05, 4.69) is 9.97 Å². The number of unbranched alkanes of at least 4 members (excludes halogenated alkanes) is 1. The van der Waals surface area contributed by atoms with E-state index in [4.69, 9.17) is 11.6 Å². The maximum atomic E-state index is 13.2. The van der Waals surface area contributed by atoms with Crippen LogP contribution in [0.25, 0.3) is 10.9 Å². The highest BCUT2D eigenvalue weighted by Crippen LogP contribution is 2.23. The minimum absolute atomic E-state index is 0.0219. The van der Waals surface area contributed by atoms with Crippen LogP contribution in [0, 0.1) is 5.92 Å². The summed E-state index contributed by atoms with van der Waals surface area (Å²) in [7, 11) is -3.25. The lowest BCUT2D eigenvalue weighted by atomic mass is 9.96. The molecule has 1 aromatic carbocycles. The van der Waals surface area contributed by atoms with Crippen molar-refractivity contribution in [1.29, 1.82) is 0 Å². The first kappa shape index (κ1) is 24.7. The van der Waals surface area contributed by atoms with Crippen molar-refractivity contribution in [2.24, 2.45) is 5.92 Å². The number of hydrogen-bond donors (Lipinski definition) is 1. The summed E-state index contributed by atoms with van der Waals surface area (Å²) >= 11 is 6.04. The molecule has 0 saturated carbocycles. The molecule has 1 amide bonds. The number of nitrogens with zero attached hydrogens (tertiary/aromatic N) is 3. The maximum absolute atomic E-state index is 13.2. The molecule has 8 nitrogen and oxygen atoms in total. The Morgan fingerprint density at radius 3 is 2.62 bits per heavy atom. The van der Waals surface area contributed by atoms with Gasteiger partial charge in [-0.25, -0.2) is 17.7 Å². The van der Waals surface area contributed by atoms with Crippen molar-refractivity contribution in [3.8, 4) is 0 Å². The molecule has 176 valence electrons. The molecule has 1 fully saturated rings. The first-order chi connectivity index (χ1) is 15.2. The highest BCUT2D eigenvalue weighted by molar-refractivity contribution is 7.89. The zero-order chi connectivity index (χ0) is 23.3. The predicted octanol–water partition coefficient (Wildman–Crippen LogP) is 3.16. The molecule has 2 heterocycles. The van der Waals surface area contributed by atoms with Crippen LogP contribution in [0.4, 0.5) is 0 Å². The minimum Gasteiger partial charge on any atom is -0.335 e. The van der Waals surface area contributed by atoms with Crippen LogP contribution in [0.5, 0.6) is 0 Å². The van der Waals surface area contributed by atoms with Gasteiger partial charge in [-0.15, -0.1) is 0 Å². The average molecular weight is 483 g/mol. The fraction of sp³-hybridized carbons (Fsp3) is 0.591. The fourth-order valence-electron chi connectivity index (χ4n) is 4.05. The number of sulfonamides is 1. The van der Waals surface area contributed by atoms with Crippen LogP contribution in [0.1, 0.15) is 51.8 Å². The highest BCUT2D eigenvalue weighted by atomic mass is 35.5. The molecule has 0 radical (unpaired) electrons. The van der Waals surface area contributed by atoms with Crippen LogP contribution in [0.15, 0.2) is 23.0 Å². The smallest absolute Gasteiger partial charge is 0.258 e. The Hall–Kier alpha value is -1.97. The van der Waals surface area contributed by atoms with Crippen molar-refractivity contribution in [1.82, 2.24) is 19.2 Å². The molecule has 2 aromatic rings. The number of hydrogen-bond acceptors (Lipinski definition) is 5. The number of carbonyl (C=O) groups is 1. The molecule has 32 heavy (non-hydrogen) atoms. The van der Waals surface area contributed by atoms with Gasteiger partial charge in [0.2, 0.25) is 15.9 Å². The second-order valence-electron chi connectivity index (χ2n) is 8.28. The third kappa shape index (κ3) is 5.88. The Morgan fingerprint density at radius 1 is 1.25 bits per heavy atom. The second-order valence-corrected chi connectivity index (χ2v) is 10.8. The molecule has 0 atom stereocenters. The Balaban J connectivity index is 1.70. The van der Waals surface area contributed by atoms with Gasteiger partial charge in [-0.1, -0.05) is 31.9 Å². The van der Waals surface area contributed by atoms with Gasteiger partial charge in [0, 0.05) is 30.6 Å². The number of benzene rings is 1. The van der Waals surface area contributed by atoms with Gasteiger partial charge in [0.25, 0.3) is 5.56 Å². The molecule has 1 aromatic heterocycles. The summed E-state index contributed by atoms with van der Waals surface area (Å²) in [4.78, 5) is 34.6. The van der Waals surface area contributed by atoms with E-state index in [-0.39, 0.29) is 29.7 Å². The van der Waals surface area contributed by atoms with Crippen molar-refractivity contribution in [3.63, 3.8) is 0 Å². The SMILES string of the molecule is CCCCS(=O)(=O)N1CCC(C(=O)N(CCC)Cc2nc3cc(Cl)ccc3c(=O)[nH]2)CC1. The van der Waals surface area contributed by atoms with Crippen molar-refractivity contribution in [2.75, 3.05) is 25.4 Å². The van der Waals surface area contributed by atoms with E-state index in [1.165, 1.54) is 4.31 Å². The summed E-state index contributed by atoms with van der Waals surface area (Å²) in [5.74, 6) is 0.313. The Bertz CT molecular complexity index is 1110. The lowest BCUT2D eigenvalue weighted by Gasteiger charge is -2.33. The number of carbonyl (C=O) groups excluding carboxylic acids is 1. The fourth-order valence-corrected chi connectivity index (χ4v) is 5.89. The maximum Gasteiger partial charge on any atom is 0.258 e. The van der Waals surface area contributed by atoms with E-state index in [9.17, 15) is 18.0 Å². The highest BCUT2D eigenvalue weighted by Gasteiger charge is 2.32. The summed E-state index contributed by atoms with van der Waals surface area (Å²) < 4.78 is 26.4. The predicted molar refractivity (Wildman–Crippen MR) is 126 cm³/mol. The molecule has 0 spiro atoms. The quantitative estimate of drug-likeness (QED) is 0.591. The minimum atomic E-state index is -3.25. The van der Waals surface area contributed by atoms with Crippen LogP contribution in [-0.4, -0.2) is 58.9 Å².